The number of ether oxygens (including phenoxy) is 1. The Morgan fingerprint density at radius 3 is 2.79 bits per heavy atom. The van der Waals surface area contributed by atoms with Gasteiger partial charge in [0.15, 0.2) is 0 Å². The topological polar surface area (TPSA) is 108 Å². The van der Waals surface area contributed by atoms with Crippen molar-refractivity contribution in [1.82, 2.24) is 19.4 Å². The number of likely N-dealkylation sites (tertiary alicyclic amines) is 1. The van der Waals surface area contributed by atoms with Gasteiger partial charge in [-0.3, -0.25) is 19.1 Å². The van der Waals surface area contributed by atoms with Crippen LogP contribution in [0.2, 0.25) is 0 Å². The molecular weight excluding hydrogens is 376 g/mol. The van der Waals surface area contributed by atoms with Crippen molar-refractivity contribution < 1.29 is 14.6 Å². The minimum atomic E-state index is -0.915. The van der Waals surface area contributed by atoms with Crippen molar-refractivity contribution in [2.75, 3.05) is 40.3 Å². The summed E-state index contributed by atoms with van der Waals surface area (Å²) in [4.78, 5) is 42.4. The Morgan fingerprint density at radius 1 is 1.31 bits per heavy atom. The maximum atomic E-state index is 12.9. The van der Waals surface area contributed by atoms with Gasteiger partial charge in [0.25, 0.3) is 11.5 Å². The number of carbonyl (C=O) groups excluding carboxylic acids is 1. The lowest BCUT2D eigenvalue weighted by atomic mass is 10.2. The van der Waals surface area contributed by atoms with Crippen LogP contribution in [-0.4, -0.2) is 76.8 Å². The van der Waals surface area contributed by atoms with Crippen LogP contribution < -0.4 is 16.0 Å². The SMILES string of the molecule is Cc1cn([C@H]2CN(C(=O)c3cccc(OCCN(C)C)c3)C[C@@H]2O)c(=O)[nH]c1=O. The summed E-state index contributed by atoms with van der Waals surface area (Å²) in [5, 5.41) is 10.4. The summed E-state index contributed by atoms with van der Waals surface area (Å²) >= 11 is 0. The predicted octanol–water partition coefficient (Wildman–Crippen LogP) is -0.157. The van der Waals surface area contributed by atoms with Crippen LogP contribution >= 0.6 is 0 Å². The number of rotatable bonds is 6. The number of β-amino-alcohol motifs (C(OH)–C–C–N with tert-alkyl or cyclic N) is 1. The maximum Gasteiger partial charge on any atom is 0.328 e. The van der Waals surface area contributed by atoms with Crippen LogP contribution in [0.5, 0.6) is 5.75 Å². The number of nitrogens with zero attached hydrogens (tertiary/aromatic N) is 3. The second-order valence-electron chi connectivity index (χ2n) is 7.50. The fraction of sp³-hybridized carbons (Fsp3) is 0.450. The van der Waals surface area contributed by atoms with Gasteiger partial charge in [-0.25, -0.2) is 4.79 Å². The summed E-state index contributed by atoms with van der Waals surface area (Å²) in [5.74, 6) is 0.347. The molecule has 29 heavy (non-hydrogen) atoms. The van der Waals surface area contributed by atoms with Gasteiger partial charge in [0.1, 0.15) is 12.4 Å². The minimum absolute atomic E-state index is 0.0971. The Hall–Kier alpha value is -2.91. The molecule has 2 N–H and O–H groups in total. The van der Waals surface area contributed by atoms with E-state index >= 15 is 0 Å². The summed E-state index contributed by atoms with van der Waals surface area (Å²) in [6.07, 6.45) is 0.504. The zero-order valence-electron chi connectivity index (χ0n) is 16.8. The molecule has 9 nitrogen and oxygen atoms in total. The number of nitrogens with one attached hydrogen (secondary N) is 1. The van der Waals surface area contributed by atoms with Gasteiger partial charge in [0.2, 0.25) is 0 Å². The highest BCUT2D eigenvalue weighted by molar-refractivity contribution is 5.94. The van der Waals surface area contributed by atoms with E-state index in [1.807, 2.05) is 19.0 Å². The molecule has 0 aliphatic carbocycles. The number of amides is 1. The molecule has 2 aromatic rings. The molecule has 1 aromatic heterocycles. The lowest BCUT2D eigenvalue weighted by Gasteiger charge is -2.18. The molecule has 156 valence electrons. The van der Waals surface area contributed by atoms with E-state index in [9.17, 15) is 19.5 Å². The Morgan fingerprint density at radius 2 is 2.07 bits per heavy atom. The molecule has 0 spiro atoms. The van der Waals surface area contributed by atoms with Crippen LogP contribution in [0.15, 0.2) is 40.1 Å². The van der Waals surface area contributed by atoms with E-state index in [1.54, 1.807) is 31.2 Å². The Bertz CT molecular complexity index is 997. The fourth-order valence-corrected chi connectivity index (χ4v) is 3.29. The molecule has 3 rings (SSSR count). The average molecular weight is 402 g/mol. The first-order valence-electron chi connectivity index (χ1n) is 9.43. The molecule has 1 fully saturated rings. The zero-order chi connectivity index (χ0) is 21.1. The van der Waals surface area contributed by atoms with Crippen LogP contribution in [0.3, 0.4) is 0 Å². The molecular formula is C20H26N4O5. The van der Waals surface area contributed by atoms with Crippen LogP contribution in [-0.2, 0) is 0 Å². The number of hydrogen-bond acceptors (Lipinski definition) is 6. The zero-order valence-corrected chi connectivity index (χ0v) is 16.8. The first-order valence-corrected chi connectivity index (χ1v) is 9.43. The third kappa shape index (κ3) is 4.75. The number of aryl methyl sites for hydroxylation is 1. The summed E-state index contributed by atoms with van der Waals surface area (Å²) in [7, 11) is 3.90. The fourth-order valence-electron chi connectivity index (χ4n) is 3.29. The number of carbonyl (C=O) groups is 1. The molecule has 0 bridgehead atoms. The molecule has 1 amide bonds. The normalized spacial score (nSPS) is 19.0. The van der Waals surface area contributed by atoms with Crippen LogP contribution in [0.25, 0.3) is 0 Å². The molecule has 2 heterocycles. The number of aromatic nitrogens is 2. The number of benzene rings is 1. The molecule has 1 aliphatic heterocycles. The highest BCUT2D eigenvalue weighted by Gasteiger charge is 2.36. The third-order valence-corrected chi connectivity index (χ3v) is 4.94. The summed E-state index contributed by atoms with van der Waals surface area (Å²) in [6.45, 7) is 3.10. The highest BCUT2D eigenvalue weighted by Crippen LogP contribution is 2.24. The molecule has 2 atom stereocenters. The van der Waals surface area contributed by atoms with E-state index in [0.29, 0.717) is 23.5 Å². The van der Waals surface area contributed by atoms with Gasteiger partial charge in [0, 0.05) is 37.0 Å². The standard InChI is InChI=1S/C20H26N4O5/c1-13-10-24(20(28)21-18(13)26)16-11-23(12-17(16)25)19(27)14-5-4-6-15(9-14)29-8-7-22(2)3/h4-6,9-10,16-17,25H,7-8,11-12H2,1-3H3,(H,21,26,28)/t16-,17-/m0/s1. The average Bonchev–Trinajstić information content (AvgIpc) is 3.05. The van der Waals surface area contributed by atoms with Gasteiger partial charge >= 0.3 is 5.69 Å². The molecule has 0 unspecified atom stereocenters. The van der Waals surface area contributed by atoms with Crippen molar-refractivity contribution in [3.05, 3.63) is 62.4 Å². The van der Waals surface area contributed by atoms with Gasteiger partial charge in [0.05, 0.1) is 12.1 Å². The number of aliphatic hydroxyl groups is 1. The number of H-pyrrole nitrogens is 1. The second-order valence-corrected chi connectivity index (χ2v) is 7.50. The largest absolute Gasteiger partial charge is 0.492 e. The second kappa shape index (κ2) is 8.62. The molecule has 0 radical (unpaired) electrons. The van der Waals surface area contributed by atoms with E-state index in [0.717, 1.165) is 6.54 Å². The Labute approximate surface area is 168 Å². The first kappa shape index (κ1) is 20.8. The Kier molecular flexibility index (Phi) is 6.19. The van der Waals surface area contributed by atoms with Crippen molar-refractivity contribution in [1.29, 1.82) is 0 Å². The van der Waals surface area contributed by atoms with Gasteiger partial charge in [-0.05, 0) is 39.2 Å². The third-order valence-electron chi connectivity index (χ3n) is 4.94. The van der Waals surface area contributed by atoms with Gasteiger partial charge < -0.3 is 19.6 Å². The van der Waals surface area contributed by atoms with E-state index in [-0.39, 0.29) is 19.0 Å². The van der Waals surface area contributed by atoms with Crippen LogP contribution in [0.4, 0.5) is 0 Å². The van der Waals surface area contributed by atoms with Crippen molar-refractivity contribution in [2.45, 2.75) is 19.1 Å². The summed E-state index contributed by atoms with van der Waals surface area (Å²) in [5.41, 5.74) is -0.248. The van der Waals surface area contributed by atoms with Gasteiger partial charge in [-0.15, -0.1) is 0 Å². The molecule has 9 heteroatoms. The molecule has 1 aliphatic rings. The molecule has 1 aromatic carbocycles. The molecule has 1 saturated heterocycles. The van der Waals surface area contributed by atoms with Crippen molar-refractivity contribution in [3.63, 3.8) is 0 Å². The van der Waals surface area contributed by atoms with Gasteiger partial charge in [-0.1, -0.05) is 6.07 Å². The first-order chi connectivity index (χ1) is 13.8. The lowest BCUT2D eigenvalue weighted by Crippen LogP contribution is -2.37. The van der Waals surface area contributed by atoms with E-state index in [4.69, 9.17) is 4.74 Å². The van der Waals surface area contributed by atoms with E-state index in [1.165, 1.54) is 15.7 Å². The highest BCUT2D eigenvalue weighted by atomic mass is 16.5. The number of likely N-dealkylation sites (N-methyl/N-ethyl adjacent to an activating group) is 1. The number of aliphatic hydroxyl groups excluding tert-OH is 1. The van der Waals surface area contributed by atoms with E-state index < -0.39 is 23.4 Å². The quantitative estimate of drug-likeness (QED) is 0.696. The Balaban J connectivity index is 1.74. The number of aromatic amines is 1. The van der Waals surface area contributed by atoms with Crippen LogP contribution in [0, 0.1) is 6.92 Å². The monoisotopic (exact) mass is 402 g/mol. The van der Waals surface area contributed by atoms with Crippen molar-refractivity contribution in [3.8, 4) is 5.75 Å². The number of hydrogen-bond donors (Lipinski definition) is 2. The molecule has 0 saturated carbocycles. The smallest absolute Gasteiger partial charge is 0.328 e. The van der Waals surface area contributed by atoms with Crippen molar-refractivity contribution >= 4 is 5.91 Å². The lowest BCUT2D eigenvalue weighted by molar-refractivity contribution is 0.0764. The van der Waals surface area contributed by atoms with Crippen molar-refractivity contribution in [2.24, 2.45) is 0 Å². The predicted molar refractivity (Wildman–Crippen MR) is 107 cm³/mol. The summed E-state index contributed by atoms with van der Waals surface area (Å²) in [6, 6.07) is 6.28. The van der Waals surface area contributed by atoms with E-state index in [2.05, 4.69) is 4.98 Å². The maximum absolute atomic E-state index is 12.9. The summed E-state index contributed by atoms with van der Waals surface area (Å²) < 4.78 is 6.97. The van der Waals surface area contributed by atoms with Crippen LogP contribution in [0.1, 0.15) is 22.0 Å². The van der Waals surface area contributed by atoms with Gasteiger partial charge in [-0.2, -0.15) is 0 Å². The minimum Gasteiger partial charge on any atom is -0.492 e.